The van der Waals surface area contributed by atoms with E-state index in [4.69, 9.17) is 4.74 Å². The number of methoxy groups -OCH3 is 1. The maximum Gasteiger partial charge on any atom is 0.313 e. The fourth-order valence-electron chi connectivity index (χ4n) is 3.07. The van der Waals surface area contributed by atoms with Gasteiger partial charge in [-0.1, -0.05) is 20.8 Å². The Morgan fingerprint density at radius 2 is 1.78 bits per heavy atom. The second-order valence-electron chi connectivity index (χ2n) is 8.32. The van der Waals surface area contributed by atoms with Crippen molar-refractivity contribution < 1.29 is 24.2 Å². The molecule has 1 aromatic carbocycles. The Morgan fingerprint density at radius 1 is 1.19 bits per heavy atom. The number of nitrogens with one attached hydrogen (secondary N) is 1. The molecule has 27 heavy (non-hydrogen) atoms. The number of carbonyl (C=O) groups excluding carboxylic acids is 2. The number of nitrogens with zero attached hydrogens (tertiary/aromatic N) is 1. The number of hydrogen-bond acceptors (Lipinski definition) is 4. The Morgan fingerprint density at radius 3 is 2.30 bits per heavy atom. The molecule has 1 heterocycles. The number of carboxylic acid groups (broad SMARTS) is 1. The normalized spacial score (nSPS) is 19.8. The number of carbonyl (C=O) groups is 3. The van der Waals surface area contributed by atoms with Crippen LogP contribution in [0.2, 0.25) is 0 Å². The first-order valence-corrected chi connectivity index (χ1v) is 8.98. The molecule has 0 aliphatic carbocycles. The highest BCUT2D eigenvalue weighted by Crippen LogP contribution is 2.32. The van der Waals surface area contributed by atoms with Crippen molar-refractivity contribution in [1.29, 1.82) is 0 Å². The predicted molar refractivity (Wildman–Crippen MR) is 101 cm³/mol. The molecule has 148 valence electrons. The van der Waals surface area contributed by atoms with Gasteiger partial charge in [0.05, 0.1) is 6.61 Å². The van der Waals surface area contributed by atoms with E-state index < -0.39 is 11.4 Å². The SMILES string of the molecule is COCC1(C(=O)O)CCN(C(=O)c2ccc(C(=O)NCC(C)(C)C)cc2)C1. The van der Waals surface area contributed by atoms with Gasteiger partial charge in [-0.05, 0) is 36.1 Å². The maximum absolute atomic E-state index is 12.7. The van der Waals surface area contributed by atoms with E-state index in [1.807, 2.05) is 20.8 Å². The quantitative estimate of drug-likeness (QED) is 0.792. The van der Waals surface area contributed by atoms with Crippen molar-refractivity contribution in [1.82, 2.24) is 10.2 Å². The lowest BCUT2D eigenvalue weighted by atomic mass is 9.88. The Bertz CT molecular complexity index is 708. The van der Waals surface area contributed by atoms with Crippen LogP contribution in [0, 0.1) is 10.8 Å². The van der Waals surface area contributed by atoms with Gasteiger partial charge in [0, 0.05) is 37.9 Å². The first kappa shape index (κ1) is 20.9. The third-order valence-corrected chi connectivity index (χ3v) is 4.69. The third kappa shape index (κ3) is 5.07. The van der Waals surface area contributed by atoms with Crippen molar-refractivity contribution in [3.05, 3.63) is 35.4 Å². The van der Waals surface area contributed by atoms with Gasteiger partial charge in [0.1, 0.15) is 5.41 Å². The lowest BCUT2D eigenvalue weighted by Gasteiger charge is -2.23. The molecule has 2 N–H and O–H groups in total. The zero-order chi connectivity index (χ0) is 20.2. The summed E-state index contributed by atoms with van der Waals surface area (Å²) in [6, 6.07) is 6.43. The molecule has 0 spiro atoms. The topological polar surface area (TPSA) is 95.9 Å². The Hall–Kier alpha value is -2.41. The van der Waals surface area contributed by atoms with E-state index >= 15 is 0 Å². The number of amides is 2. The molecular weight excluding hydrogens is 348 g/mol. The molecule has 0 saturated carbocycles. The molecule has 1 saturated heterocycles. The minimum Gasteiger partial charge on any atom is -0.481 e. The van der Waals surface area contributed by atoms with Crippen molar-refractivity contribution in [3.63, 3.8) is 0 Å². The molecule has 0 aromatic heterocycles. The highest BCUT2D eigenvalue weighted by Gasteiger charge is 2.46. The second-order valence-corrected chi connectivity index (χ2v) is 8.32. The van der Waals surface area contributed by atoms with Crippen LogP contribution in [0.4, 0.5) is 0 Å². The summed E-state index contributed by atoms with van der Waals surface area (Å²) in [6.07, 6.45) is 0.356. The standard InChI is InChI=1S/C20H28N2O5/c1-19(2,3)11-21-16(23)14-5-7-15(8-6-14)17(24)22-10-9-20(12-22,13-27-4)18(25)26/h5-8H,9-13H2,1-4H3,(H,21,23)(H,25,26). The number of carboxylic acids is 1. The molecule has 1 aliphatic heterocycles. The number of rotatable bonds is 6. The van der Waals surface area contributed by atoms with Crippen molar-refractivity contribution in [2.24, 2.45) is 10.8 Å². The van der Waals surface area contributed by atoms with Crippen molar-refractivity contribution in [2.45, 2.75) is 27.2 Å². The van der Waals surface area contributed by atoms with Crippen LogP contribution in [0.15, 0.2) is 24.3 Å². The van der Waals surface area contributed by atoms with Crippen LogP contribution in [0.5, 0.6) is 0 Å². The van der Waals surface area contributed by atoms with Gasteiger partial charge in [0.2, 0.25) is 0 Å². The summed E-state index contributed by atoms with van der Waals surface area (Å²) in [7, 11) is 1.46. The second kappa shape index (κ2) is 8.08. The summed E-state index contributed by atoms with van der Waals surface area (Å²) in [4.78, 5) is 38.0. The van der Waals surface area contributed by atoms with Crippen LogP contribution in [0.1, 0.15) is 47.9 Å². The van der Waals surface area contributed by atoms with Crippen LogP contribution >= 0.6 is 0 Å². The highest BCUT2D eigenvalue weighted by atomic mass is 16.5. The Kier molecular flexibility index (Phi) is 6.26. The fourth-order valence-corrected chi connectivity index (χ4v) is 3.07. The van der Waals surface area contributed by atoms with Gasteiger partial charge in [0.15, 0.2) is 0 Å². The lowest BCUT2D eigenvalue weighted by molar-refractivity contribution is -0.151. The summed E-state index contributed by atoms with van der Waals surface area (Å²) in [5, 5.41) is 12.4. The lowest BCUT2D eigenvalue weighted by Crippen LogP contribution is -2.40. The third-order valence-electron chi connectivity index (χ3n) is 4.69. The molecule has 2 amide bonds. The van der Waals surface area contributed by atoms with E-state index in [2.05, 4.69) is 5.32 Å². The van der Waals surface area contributed by atoms with Gasteiger partial charge in [0.25, 0.3) is 11.8 Å². The molecule has 2 rings (SSSR count). The first-order valence-electron chi connectivity index (χ1n) is 8.98. The highest BCUT2D eigenvalue weighted by molar-refractivity contribution is 5.98. The van der Waals surface area contributed by atoms with Crippen LogP contribution in [-0.4, -0.2) is 61.1 Å². The Balaban J connectivity index is 2.04. The number of benzene rings is 1. The average molecular weight is 376 g/mol. The molecule has 7 heteroatoms. The van der Waals surface area contributed by atoms with E-state index in [1.165, 1.54) is 12.0 Å². The fraction of sp³-hybridized carbons (Fsp3) is 0.550. The summed E-state index contributed by atoms with van der Waals surface area (Å²) in [5.74, 6) is -1.38. The van der Waals surface area contributed by atoms with E-state index in [-0.39, 0.29) is 30.4 Å². The van der Waals surface area contributed by atoms with E-state index in [9.17, 15) is 19.5 Å². The van der Waals surface area contributed by atoms with Crippen LogP contribution in [0.25, 0.3) is 0 Å². The smallest absolute Gasteiger partial charge is 0.313 e. The summed E-state index contributed by atoms with van der Waals surface area (Å²) < 4.78 is 5.05. The zero-order valence-corrected chi connectivity index (χ0v) is 16.4. The molecule has 1 aromatic rings. The van der Waals surface area contributed by atoms with Crippen molar-refractivity contribution >= 4 is 17.8 Å². The van der Waals surface area contributed by atoms with Crippen LogP contribution in [-0.2, 0) is 9.53 Å². The molecule has 7 nitrogen and oxygen atoms in total. The van der Waals surface area contributed by atoms with E-state index in [1.54, 1.807) is 24.3 Å². The number of ether oxygens (including phenoxy) is 1. The summed E-state index contributed by atoms with van der Waals surface area (Å²) in [5.41, 5.74) is -0.158. The number of hydrogen-bond donors (Lipinski definition) is 2. The van der Waals surface area contributed by atoms with E-state index in [0.29, 0.717) is 30.6 Å². The Labute approximate surface area is 159 Å². The summed E-state index contributed by atoms with van der Waals surface area (Å²) >= 11 is 0. The minimum atomic E-state index is -1.06. The molecule has 0 radical (unpaired) electrons. The molecule has 1 fully saturated rings. The van der Waals surface area contributed by atoms with Gasteiger partial charge >= 0.3 is 5.97 Å². The molecule has 1 unspecified atom stereocenters. The van der Waals surface area contributed by atoms with Crippen molar-refractivity contribution in [2.75, 3.05) is 33.4 Å². The molecule has 0 bridgehead atoms. The maximum atomic E-state index is 12.7. The zero-order valence-electron chi connectivity index (χ0n) is 16.4. The number of aliphatic carboxylic acids is 1. The molecule has 1 aliphatic rings. The monoisotopic (exact) mass is 376 g/mol. The van der Waals surface area contributed by atoms with Gasteiger partial charge in [-0.3, -0.25) is 14.4 Å². The molecular formula is C20H28N2O5. The van der Waals surface area contributed by atoms with Gasteiger partial charge in [-0.2, -0.15) is 0 Å². The number of likely N-dealkylation sites (tertiary alicyclic amines) is 1. The van der Waals surface area contributed by atoms with Gasteiger partial charge in [-0.25, -0.2) is 0 Å². The van der Waals surface area contributed by atoms with Crippen molar-refractivity contribution in [3.8, 4) is 0 Å². The summed E-state index contributed by atoms with van der Waals surface area (Å²) in [6.45, 7) is 7.20. The van der Waals surface area contributed by atoms with Gasteiger partial charge < -0.3 is 20.1 Å². The van der Waals surface area contributed by atoms with Crippen LogP contribution in [0.3, 0.4) is 0 Å². The minimum absolute atomic E-state index is 0.0137. The first-order chi connectivity index (χ1) is 12.6. The average Bonchev–Trinajstić information content (AvgIpc) is 3.04. The predicted octanol–water partition coefficient (Wildman–Crippen LogP) is 2.03. The van der Waals surface area contributed by atoms with Gasteiger partial charge in [-0.15, -0.1) is 0 Å². The van der Waals surface area contributed by atoms with Crippen LogP contribution < -0.4 is 5.32 Å². The molecule has 1 atom stereocenters. The largest absolute Gasteiger partial charge is 0.481 e. The van der Waals surface area contributed by atoms with E-state index in [0.717, 1.165) is 0 Å².